The van der Waals surface area contributed by atoms with Crippen LogP contribution in [0.2, 0.25) is 0 Å². The molecule has 3 heteroatoms. The van der Waals surface area contributed by atoms with Crippen LogP contribution in [0.5, 0.6) is 0 Å². The second-order valence-corrected chi connectivity index (χ2v) is 4.98. The third-order valence-corrected chi connectivity index (χ3v) is 3.68. The minimum absolute atomic E-state index is 0.530. The van der Waals surface area contributed by atoms with Crippen LogP contribution in [-0.4, -0.2) is 23.0 Å². The zero-order chi connectivity index (χ0) is 12.1. The van der Waals surface area contributed by atoms with Crippen molar-refractivity contribution >= 4 is 0 Å². The molecule has 2 N–H and O–H groups in total. The van der Waals surface area contributed by atoms with E-state index < -0.39 is 0 Å². The van der Waals surface area contributed by atoms with Crippen molar-refractivity contribution in [3.63, 3.8) is 0 Å². The molecule has 0 amide bonds. The highest BCUT2D eigenvalue weighted by Gasteiger charge is 2.19. The first kappa shape index (κ1) is 12.5. The molecule has 1 aliphatic rings. The van der Waals surface area contributed by atoms with E-state index in [0.717, 1.165) is 24.7 Å². The SMILES string of the molecule is CCN(Cc1ccnc(CN)c1)CC1CCC1. The van der Waals surface area contributed by atoms with Gasteiger partial charge in [0.25, 0.3) is 0 Å². The van der Waals surface area contributed by atoms with Crippen LogP contribution >= 0.6 is 0 Å². The summed E-state index contributed by atoms with van der Waals surface area (Å²) in [5, 5.41) is 0. The second kappa shape index (κ2) is 6.12. The van der Waals surface area contributed by atoms with E-state index in [1.54, 1.807) is 0 Å². The lowest BCUT2D eigenvalue weighted by Gasteiger charge is -2.31. The molecule has 1 aromatic heterocycles. The van der Waals surface area contributed by atoms with Crippen molar-refractivity contribution in [2.75, 3.05) is 13.1 Å². The smallest absolute Gasteiger partial charge is 0.0542 e. The molecular formula is C14H23N3. The molecule has 94 valence electrons. The molecule has 1 aliphatic carbocycles. The quantitative estimate of drug-likeness (QED) is 0.818. The molecule has 0 unspecified atom stereocenters. The molecule has 3 nitrogen and oxygen atoms in total. The summed E-state index contributed by atoms with van der Waals surface area (Å²) in [6.45, 7) is 6.17. The van der Waals surface area contributed by atoms with Gasteiger partial charge in [-0.25, -0.2) is 0 Å². The van der Waals surface area contributed by atoms with Gasteiger partial charge in [0.1, 0.15) is 0 Å². The van der Waals surface area contributed by atoms with Crippen LogP contribution in [0.4, 0.5) is 0 Å². The molecular weight excluding hydrogens is 210 g/mol. The molecule has 2 rings (SSSR count). The van der Waals surface area contributed by atoms with E-state index in [9.17, 15) is 0 Å². The topological polar surface area (TPSA) is 42.2 Å². The molecule has 0 bridgehead atoms. The Bertz CT molecular complexity index is 347. The van der Waals surface area contributed by atoms with Gasteiger partial charge in [-0.05, 0) is 43.0 Å². The lowest BCUT2D eigenvalue weighted by Crippen LogP contribution is -2.32. The van der Waals surface area contributed by atoms with Gasteiger partial charge in [0.2, 0.25) is 0 Å². The first-order valence-corrected chi connectivity index (χ1v) is 6.68. The minimum atomic E-state index is 0.530. The van der Waals surface area contributed by atoms with Crippen molar-refractivity contribution in [1.29, 1.82) is 0 Å². The first-order valence-electron chi connectivity index (χ1n) is 6.68. The monoisotopic (exact) mass is 233 g/mol. The number of aromatic nitrogens is 1. The minimum Gasteiger partial charge on any atom is -0.325 e. The highest BCUT2D eigenvalue weighted by Crippen LogP contribution is 2.27. The normalized spacial score (nSPS) is 16.2. The van der Waals surface area contributed by atoms with Crippen molar-refractivity contribution in [2.24, 2.45) is 11.7 Å². The fourth-order valence-electron chi connectivity index (χ4n) is 2.34. The molecule has 17 heavy (non-hydrogen) atoms. The number of hydrogen-bond donors (Lipinski definition) is 1. The van der Waals surface area contributed by atoms with E-state index in [2.05, 4.69) is 28.9 Å². The zero-order valence-corrected chi connectivity index (χ0v) is 10.7. The fraction of sp³-hybridized carbons (Fsp3) is 0.643. The lowest BCUT2D eigenvalue weighted by atomic mass is 9.85. The van der Waals surface area contributed by atoms with Crippen molar-refractivity contribution in [1.82, 2.24) is 9.88 Å². The maximum atomic E-state index is 5.62. The summed E-state index contributed by atoms with van der Waals surface area (Å²) in [6, 6.07) is 4.23. The van der Waals surface area contributed by atoms with Crippen LogP contribution in [0.25, 0.3) is 0 Å². The highest BCUT2D eigenvalue weighted by atomic mass is 15.1. The van der Waals surface area contributed by atoms with Crippen molar-refractivity contribution < 1.29 is 0 Å². The van der Waals surface area contributed by atoms with E-state index >= 15 is 0 Å². The highest BCUT2D eigenvalue weighted by molar-refractivity contribution is 5.16. The second-order valence-electron chi connectivity index (χ2n) is 4.98. The van der Waals surface area contributed by atoms with Crippen LogP contribution < -0.4 is 5.73 Å². The Kier molecular flexibility index (Phi) is 4.51. The number of rotatable bonds is 6. The predicted octanol–water partition coefficient (Wildman–Crippen LogP) is 2.16. The maximum absolute atomic E-state index is 5.62. The van der Waals surface area contributed by atoms with Crippen molar-refractivity contribution in [3.05, 3.63) is 29.6 Å². The van der Waals surface area contributed by atoms with Crippen LogP contribution in [0, 0.1) is 5.92 Å². The summed E-state index contributed by atoms with van der Waals surface area (Å²) in [7, 11) is 0. The van der Waals surface area contributed by atoms with E-state index in [1.165, 1.54) is 31.4 Å². The first-order chi connectivity index (χ1) is 8.31. The Morgan fingerprint density at radius 2 is 2.29 bits per heavy atom. The summed E-state index contributed by atoms with van der Waals surface area (Å²) in [5.41, 5.74) is 7.94. The largest absolute Gasteiger partial charge is 0.325 e. The summed E-state index contributed by atoms with van der Waals surface area (Å²) in [4.78, 5) is 6.76. The molecule has 1 aromatic rings. The van der Waals surface area contributed by atoms with Gasteiger partial charge in [-0.3, -0.25) is 9.88 Å². The van der Waals surface area contributed by atoms with Crippen LogP contribution in [-0.2, 0) is 13.1 Å². The molecule has 0 radical (unpaired) electrons. The molecule has 0 aromatic carbocycles. The van der Waals surface area contributed by atoms with E-state index in [4.69, 9.17) is 5.73 Å². The molecule has 1 saturated carbocycles. The molecule has 0 aliphatic heterocycles. The number of pyridine rings is 1. The van der Waals surface area contributed by atoms with E-state index in [0.29, 0.717) is 6.54 Å². The van der Waals surface area contributed by atoms with Gasteiger partial charge in [0, 0.05) is 25.8 Å². The van der Waals surface area contributed by atoms with E-state index in [-0.39, 0.29) is 0 Å². The van der Waals surface area contributed by atoms with Gasteiger partial charge in [0.05, 0.1) is 5.69 Å². The molecule has 0 spiro atoms. The van der Waals surface area contributed by atoms with E-state index in [1.807, 2.05) is 6.20 Å². The Morgan fingerprint density at radius 3 is 2.88 bits per heavy atom. The average Bonchev–Trinajstić information content (AvgIpc) is 2.32. The lowest BCUT2D eigenvalue weighted by molar-refractivity contribution is 0.178. The molecule has 0 atom stereocenters. The Labute approximate surface area is 104 Å². The molecule has 0 saturated heterocycles. The third-order valence-electron chi connectivity index (χ3n) is 3.68. The summed E-state index contributed by atoms with van der Waals surface area (Å²) < 4.78 is 0. The Hall–Kier alpha value is -0.930. The number of nitrogens with zero attached hydrogens (tertiary/aromatic N) is 2. The Morgan fingerprint density at radius 1 is 1.47 bits per heavy atom. The van der Waals surface area contributed by atoms with Gasteiger partial charge in [-0.2, -0.15) is 0 Å². The summed E-state index contributed by atoms with van der Waals surface area (Å²) >= 11 is 0. The Balaban J connectivity index is 1.91. The third kappa shape index (κ3) is 3.51. The van der Waals surface area contributed by atoms with Gasteiger partial charge in [0.15, 0.2) is 0 Å². The molecule has 1 fully saturated rings. The van der Waals surface area contributed by atoms with Gasteiger partial charge in [-0.1, -0.05) is 13.3 Å². The summed E-state index contributed by atoms with van der Waals surface area (Å²) in [5.74, 6) is 0.936. The van der Waals surface area contributed by atoms with Crippen LogP contribution in [0.3, 0.4) is 0 Å². The number of hydrogen-bond acceptors (Lipinski definition) is 3. The predicted molar refractivity (Wildman–Crippen MR) is 70.4 cm³/mol. The van der Waals surface area contributed by atoms with Crippen LogP contribution in [0.15, 0.2) is 18.3 Å². The van der Waals surface area contributed by atoms with Crippen molar-refractivity contribution in [2.45, 2.75) is 39.3 Å². The van der Waals surface area contributed by atoms with Gasteiger partial charge < -0.3 is 5.73 Å². The number of nitrogens with two attached hydrogens (primary N) is 1. The maximum Gasteiger partial charge on any atom is 0.0542 e. The average molecular weight is 233 g/mol. The standard InChI is InChI=1S/C14H23N3/c1-2-17(10-12-4-3-5-12)11-13-6-7-16-14(8-13)9-15/h6-8,12H,2-5,9-11,15H2,1H3. The summed E-state index contributed by atoms with van der Waals surface area (Å²) in [6.07, 6.45) is 6.13. The van der Waals surface area contributed by atoms with Crippen molar-refractivity contribution in [3.8, 4) is 0 Å². The zero-order valence-electron chi connectivity index (χ0n) is 10.7. The van der Waals surface area contributed by atoms with Gasteiger partial charge in [-0.15, -0.1) is 0 Å². The fourth-order valence-corrected chi connectivity index (χ4v) is 2.34. The van der Waals surface area contributed by atoms with Crippen LogP contribution in [0.1, 0.15) is 37.4 Å². The van der Waals surface area contributed by atoms with Gasteiger partial charge >= 0.3 is 0 Å². The molecule has 1 heterocycles.